The van der Waals surface area contributed by atoms with Gasteiger partial charge in [0.25, 0.3) is 10.2 Å². The van der Waals surface area contributed by atoms with Crippen LogP contribution in [0.3, 0.4) is 0 Å². The fourth-order valence-corrected chi connectivity index (χ4v) is 6.34. The molecule has 2 saturated heterocycles. The van der Waals surface area contributed by atoms with Crippen LogP contribution in [-0.2, 0) is 20.5 Å². The van der Waals surface area contributed by atoms with E-state index in [0.29, 0.717) is 39.1 Å². The minimum Gasteiger partial charge on any atom is -0.384 e. The number of aliphatic hydroxyl groups is 1. The highest BCUT2D eigenvalue weighted by Gasteiger charge is 2.55. The molecule has 2 unspecified atom stereocenters. The van der Waals surface area contributed by atoms with Gasteiger partial charge in [-0.3, -0.25) is 0 Å². The van der Waals surface area contributed by atoms with Crippen LogP contribution in [0.4, 0.5) is 4.39 Å². The Hall–Kier alpha value is -1.13. The first kappa shape index (κ1) is 18.2. The van der Waals surface area contributed by atoms with Crippen molar-refractivity contribution in [1.82, 2.24) is 13.6 Å². The number of hydrogen-bond donors (Lipinski definition) is 1. The van der Waals surface area contributed by atoms with Gasteiger partial charge in [0.1, 0.15) is 5.60 Å². The molecular formula is C17H24FN3O4S. The monoisotopic (exact) mass is 385 g/mol. The van der Waals surface area contributed by atoms with Crippen LogP contribution in [0.5, 0.6) is 0 Å². The van der Waals surface area contributed by atoms with Crippen molar-refractivity contribution >= 4 is 10.2 Å². The second kappa shape index (κ2) is 6.79. The average molecular weight is 385 g/mol. The van der Waals surface area contributed by atoms with E-state index < -0.39 is 21.8 Å². The van der Waals surface area contributed by atoms with Gasteiger partial charge in [0, 0.05) is 49.8 Å². The standard InChI is InChI=1S/C17H24FN3O4S/c18-16-15(5-2-6-19-16)17(22)13-3-1-4-14(17)12-21(11-13)26(23,24)20-7-9-25-10-8-20/h2,5-6,13-14,22H,1,3-4,7-12H2. The fraction of sp³-hybridized carbons (Fsp3) is 0.706. The van der Waals surface area contributed by atoms with Crippen molar-refractivity contribution in [3.8, 4) is 0 Å². The molecule has 0 aromatic carbocycles. The number of rotatable bonds is 3. The van der Waals surface area contributed by atoms with Crippen LogP contribution in [0.15, 0.2) is 18.3 Å². The number of hydrogen-bond acceptors (Lipinski definition) is 5. The number of nitrogens with zero attached hydrogens (tertiary/aromatic N) is 3. The Morgan fingerprint density at radius 1 is 1.19 bits per heavy atom. The van der Waals surface area contributed by atoms with Gasteiger partial charge in [-0.15, -0.1) is 0 Å². The lowest BCUT2D eigenvalue weighted by Gasteiger charge is -2.53. The maximum absolute atomic E-state index is 14.3. The summed E-state index contributed by atoms with van der Waals surface area (Å²) >= 11 is 0. The van der Waals surface area contributed by atoms with Gasteiger partial charge < -0.3 is 9.84 Å². The zero-order valence-electron chi connectivity index (χ0n) is 14.6. The van der Waals surface area contributed by atoms with E-state index in [1.54, 1.807) is 12.1 Å². The summed E-state index contributed by atoms with van der Waals surface area (Å²) < 4.78 is 48.5. The Kier molecular flexibility index (Phi) is 4.77. The molecular weight excluding hydrogens is 361 g/mol. The van der Waals surface area contributed by atoms with E-state index in [9.17, 15) is 17.9 Å². The third-order valence-electron chi connectivity index (χ3n) is 6.01. The fourth-order valence-electron chi connectivity index (χ4n) is 4.66. The summed E-state index contributed by atoms with van der Waals surface area (Å²) in [5, 5.41) is 11.5. The normalized spacial score (nSPS) is 33.9. The van der Waals surface area contributed by atoms with Gasteiger partial charge in [0.05, 0.1) is 13.2 Å². The molecule has 2 bridgehead atoms. The van der Waals surface area contributed by atoms with Crippen molar-refractivity contribution in [2.24, 2.45) is 11.8 Å². The lowest BCUT2D eigenvalue weighted by Crippen LogP contribution is -2.61. The zero-order chi connectivity index (χ0) is 18.4. The van der Waals surface area contributed by atoms with Crippen LogP contribution in [-0.4, -0.2) is 66.5 Å². The molecule has 4 rings (SSSR count). The minimum atomic E-state index is -3.60. The maximum Gasteiger partial charge on any atom is 0.282 e. The molecule has 1 saturated carbocycles. The summed E-state index contributed by atoms with van der Waals surface area (Å²) in [6.45, 7) is 1.86. The molecule has 1 aliphatic carbocycles. The van der Waals surface area contributed by atoms with Gasteiger partial charge >= 0.3 is 0 Å². The second-order valence-corrected chi connectivity index (χ2v) is 9.26. The number of morpholine rings is 1. The average Bonchev–Trinajstić information content (AvgIpc) is 2.62. The van der Waals surface area contributed by atoms with Crippen molar-refractivity contribution < 1.29 is 22.7 Å². The summed E-state index contributed by atoms with van der Waals surface area (Å²) in [5.74, 6) is -1.36. The zero-order valence-corrected chi connectivity index (χ0v) is 15.4. The molecule has 1 N–H and O–H groups in total. The number of halogens is 1. The summed E-state index contributed by atoms with van der Waals surface area (Å²) in [5.41, 5.74) is -1.17. The largest absolute Gasteiger partial charge is 0.384 e. The molecule has 0 amide bonds. The lowest BCUT2D eigenvalue weighted by atomic mass is 9.63. The summed E-state index contributed by atoms with van der Waals surface area (Å²) in [6, 6.07) is 3.18. The first-order valence-corrected chi connectivity index (χ1v) is 10.5. The minimum absolute atomic E-state index is 0.193. The van der Waals surface area contributed by atoms with E-state index >= 15 is 0 Å². The van der Waals surface area contributed by atoms with Crippen LogP contribution in [0.2, 0.25) is 0 Å². The summed E-state index contributed by atoms with van der Waals surface area (Å²) in [6.07, 6.45) is 3.59. The van der Waals surface area contributed by atoms with E-state index in [4.69, 9.17) is 4.74 Å². The number of aromatic nitrogens is 1. The van der Waals surface area contributed by atoms with Gasteiger partial charge in [-0.25, -0.2) is 4.98 Å². The second-order valence-electron chi connectivity index (χ2n) is 7.33. The summed E-state index contributed by atoms with van der Waals surface area (Å²) in [4.78, 5) is 3.69. The lowest BCUT2D eigenvalue weighted by molar-refractivity contribution is -0.136. The number of piperidine rings is 1. The van der Waals surface area contributed by atoms with Crippen molar-refractivity contribution in [2.75, 3.05) is 39.4 Å². The molecule has 0 radical (unpaired) electrons. The molecule has 7 nitrogen and oxygen atoms in total. The van der Waals surface area contributed by atoms with Gasteiger partial charge in [0.2, 0.25) is 5.95 Å². The van der Waals surface area contributed by atoms with Gasteiger partial charge in [0.15, 0.2) is 0 Å². The van der Waals surface area contributed by atoms with Gasteiger partial charge in [-0.2, -0.15) is 21.4 Å². The predicted octanol–water partition coefficient (Wildman–Crippen LogP) is 0.717. The van der Waals surface area contributed by atoms with Crippen LogP contribution in [0, 0.1) is 17.8 Å². The molecule has 26 heavy (non-hydrogen) atoms. The van der Waals surface area contributed by atoms with Gasteiger partial charge in [-0.1, -0.05) is 12.5 Å². The smallest absolute Gasteiger partial charge is 0.282 e. The molecule has 3 heterocycles. The Morgan fingerprint density at radius 2 is 1.85 bits per heavy atom. The predicted molar refractivity (Wildman–Crippen MR) is 91.8 cm³/mol. The van der Waals surface area contributed by atoms with Crippen LogP contribution in [0.1, 0.15) is 24.8 Å². The number of pyridine rings is 1. The van der Waals surface area contributed by atoms with Crippen molar-refractivity contribution in [3.05, 3.63) is 29.8 Å². The van der Waals surface area contributed by atoms with Gasteiger partial charge in [-0.05, 0) is 18.9 Å². The third-order valence-corrected chi connectivity index (χ3v) is 7.98. The molecule has 1 aromatic heterocycles. The van der Waals surface area contributed by atoms with Crippen molar-refractivity contribution in [3.63, 3.8) is 0 Å². The SMILES string of the molecule is O=S(=O)(N1CCOCC1)N1CC2CCCC(C1)C2(O)c1cccnc1F. The van der Waals surface area contributed by atoms with E-state index in [1.807, 2.05) is 0 Å². The van der Waals surface area contributed by atoms with Crippen LogP contribution in [0.25, 0.3) is 0 Å². The molecule has 0 spiro atoms. The number of fused-ring (bicyclic) bond motifs is 2. The Labute approximate surface area is 153 Å². The van der Waals surface area contributed by atoms with E-state index in [0.717, 1.165) is 6.42 Å². The highest BCUT2D eigenvalue weighted by atomic mass is 32.2. The maximum atomic E-state index is 14.3. The summed E-state index contributed by atoms with van der Waals surface area (Å²) in [7, 11) is -3.60. The topological polar surface area (TPSA) is 83.0 Å². The first-order chi connectivity index (χ1) is 12.4. The molecule has 2 atom stereocenters. The van der Waals surface area contributed by atoms with E-state index in [-0.39, 0.29) is 30.5 Å². The quantitative estimate of drug-likeness (QED) is 0.775. The molecule has 1 aromatic rings. The molecule has 144 valence electrons. The molecule has 3 aliphatic rings. The van der Waals surface area contributed by atoms with Crippen molar-refractivity contribution in [2.45, 2.75) is 24.9 Å². The van der Waals surface area contributed by atoms with Crippen LogP contribution < -0.4 is 0 Å². The highest BCUT2D eigenvalue weighted by molar-refractivity contribution is 7.86. The van der Waals surface area contributed by atoms with E-state index in [2.05, 4.69) is 4.98 Å². The Morgan fingerprint density at radius 3 is 2.46 bits per heavy atom. The Balaban J connectivity index is 1.64. The number of ether oxygens (including phenoxy) is 1. The van der Waals surface area contributed by atoms with E-state index in [1.165, 1.54) is 14.8 Å². The van der Waals surface area contributed by atoms with Crippen molar-refractivity contribution in [1.29, 1.82) is 0 Å². The molecule has 2 aliphatic heterocycles. The third kappa shape index (κ3) is 2.86. The molecule has 3 fully saturated rings. The first-order valence-electron chi connectivity index (χ1n) is 9.10. The Bertz CT molecular complexity index is 755. The highest BCUT2D eigenvalue weighted by Crippen LogP contribution is 2.50. The molecule has 9 heteroatoms. The van der Waals surface area contributed by atoms with Crippen LogP contribution >= 0.6 is 0 Å².